The van der Waals surface area contributed by atoms with Gasteiger partial charge in [-0.2, -0.15) is 0 Å². The van der Waals surface area contributed by atoms with E-state index in [1.807, 2.05) is 0 Å². The van der Waals surface area contributed by atoms with Crippen molar-refractivity contribution in [2.24, 2.45) is 0 Å². The van der Waals surface area contributed by atoms with Gasteiger partial charge in [-0.3, -0.25) is 4.79 Å². The van der Waals surface area contributed by atoms with Crippen LogP contribution in [0.25, 0.3) is 0 Å². The second-order valence-electron chi connectivity index (χ2n) is 5.08. The largest absolute Gasteiger partial charge is 0.465 e. The average molecular weight is 278 g/mol. The Bertz CT molecular complexity index is 585. The van der Waals surface area contributed by atoms with Crippen LogP contribution in [0.1, 0.15) is 22.8 Å². The predicted molar refractivity (Wildman–Crippen MR) is 74.8 cm³/mol. The minimum Gasteiger partial charge on any atom is -0.465 e. The molecule has 0 saturated heterocycles. The zero-order valence-corrected chi connectivity index (χ0v) is 12.0. The SMILES string of the molecule is COCC1(C)C(=O)N(C)c2cc(N)c(C(=O)OC)cc21. The predicted octanol–water partition coefficient (Wildman–Crippen LogP) is 0.936. The molecule has 1 aromatic rings. The molecular weight excluding hydrogens is 260 g/mol. The molecule has 0 bridgehead atoms. The maximum atomic E-state index is 12.4. The van der Waals surface area contributed by atoms with Crippen molar-refractivity contribution in [3.05, 3.63) is 23.3 Å². The minimum atomic E-state index is -0.824. The quantitative estimate of drug-likeness (QED) is 0.657. The summed E-state index contributed by atoms with van der Waals surface area (Å²) in [6.07, 6.45) is 0. The third-order valence-electron chi connectivity index (χ3n) is 3.74. The van der Waals surface area contributed by atoms with Crippen LogP contribution in [0.5, 0.6) is 0 Å². The third-order valence-corrected chi connectivity index (χ3v) is 3.74. The molecule has 6 heteroatoms. The number of hydrogen-bond donors (Lipinski definition) is 1. The van der Waals surface area contributed by atoms with E-state index in [0.29, 0.717) is 5.69 Å². The number of ether oxygens (including phenoxy) is 2. The number of methoxy groups -OCH3 is 2. The number of anilines is 2. The van der Waals surface area contributed by atoms with E-state index in [4.69, 9.17) is 15.2 Å². The monoisotopic (exact) mass is 278 g/mol. The van der Waals surface area contributed by atoms with Crippen molar-refractivity contribution in [3.8, 4) is 0 Å². The van der Waals surface area contributed by atoms with E-state index in [2.05, 4.69) is 0 Å². The number of carbonyl (C=O) groups excluding carboxylic acids is 2. The first-order valence-corrected chi connectivity index (χ1v) is 6.16. The maximum absolute atomic E-state index is 12.4. The second kappa shape index (κ2) is 4.79. The van der Waals surface area contributed by atoms with Crippen molar-refractivity contribution >= 4 is 23.3 Å². The minimum absolute atomic E-state index is 0.0873. The van der Waals surface area contributed by atoms with Crippen molar-refractivity contribution in [1.82, 2.24) is 0 Å². The molecule has 6 nitrogen and oxygen atoms in total. The zero-order valence-electron chi connectivity index (χ0n) is 12.0. The van der Waals surface area contributed by atoms with Gasteiger partial charge in [0.25, 0.3) is 0 Å². The standard InChI is InChI=1S/C14H18N2O4/c1-14(7-19-3)9-5-8(12(17)20-4)10(15)6-11(9)16(2)13(14)18/h5-6H,7,15H2,1-4H3. The Hall–Kier alpha value is -2.08. The Morgan fingerprint density at radius 1 is 1.40 bits per heavy atom. The van der Waals surface area contributed by atoms with Gasteiger partial charge in [0, 0.05) is 25.5 Å². The molecule has 2 rings (SSSR count). The Morgan fingerprint density at radius 2 is 2.05 bits per heavy atom. The second-order valence-corrected chi connectivity index (χ2v) is 5.08. The van der Waals surface area contributed by atoms with Gasteiger partial charge in [-0.25, -0.2) is 4.79 Å². The van der Waals surface area contributed by atoms with Crippen molar-refractivity contribution in [2.45, 2.75) is 12.3 Å². The number of hydrogen-bond acceptors (Lipinski definition) is 5. The lowest BCUT2D eigenvalue weighted by Crippen LogP contribution is -2.39. The number of nitrogens with two attached hydrogens (primary N) is 1. The molecule has 1 aliphatic rings. The molecule has 0 aliphatic carbocycles. The summed E-state index contributed by atoms with van der Waals surface area (Å²) in [5.74, 6) is -0.608. The van der Waals surface area contributed by atoms with Crippen LogP contribution in [0.2, 0.25) is 0 Å². The maximum Gasteiger partial charge on any atom is 0.339 e. The van der Waals surface area contributed by atoms with Gasteiger partial charge in [0.05, 0.1) is 24.7 Å². The lowest BCUT2D eigenvalue weighted by molar-refractivity contribution is -0.124. The molecule has 1 atom stereocenters. The molecule has 0 radical (unpaired) electrons. The lowest BCUT2D eigenvalue weighted by atomic mass is 9.83. The van der Waals surface area contributed by atoms with E-state index in [9.17, 15) is 9.59 Å². The fourth-order valence-corrected chi connectivity index (χ4v) is 2.63. The first kappa shape index (κ1) is 14.3. The number of nitrogen functional groups attached to an aromatic ring is 1. The molecule has 1 unspecified atom stereocenters. The molecule has 0 saturated carbocycles. The van der Waals surface area contributed by atoms with Crippen molar-refractivity contribution < 1.29 is 19.1 Å². The number of fused-ring (bicyclic) bond motifs is 1. The molecule has 0 aromatic heterocycles. The van der Waals surface area contributed by atoms with Crippen LogP contribution >= 0.6 is 0 Å². The molecule has 2 N–H and O–H groups in total. The van der Waals surface area contributed by atoms with Crippen LogP contribution in [0.15, 0.2) is 12.1 Å². The highest BCUT2D eigenvalue weighted by Gasteiger charge is 2.46. The molecular formula is C14H18N2O4. The highest BCUT2D eigenvalue weighted by Crippen LogP contribution is 2.43. The molecule has 1 amide bonds. The van der Waals surface area contributed by atoms with E-state index in [1.165, 1.54) is 19.1 Å². The van der Waals surface area contributed by atoms with Crippen molar-refractivity contribution in [2.75, 3.05) is 38.5 Å². The Balaban J connectivity index is 2.65. The fraction of sp³-hybridized carbons (Fsp3) is 0.429. The zero-order chi connectivity index (χ0) is 15.1. The van der Waals surface area contributed by atoms with Gasteiger partial charge in [-0.1, -0.05) is 0 Å². The summed E-state index contributed by atoms with van der Waals surface area (Å²) in [6.45, 7) is 2.02. The van der Waals surface area contributed by atoms with Crippen LogP contribution in [0.4, 0.5) is 11.4 Å². The molecule has 20 heavy (non-hydrogen) atoms. The van der Waals surface area contributed by atoms with Gasteiger partial charge in [0.2, 0.25) is 5.91 Å². The van der Waals surface area contributed by atoms with E-state index < -0.39 is 11.4 Å². The van der Waals surface area contributed by atoms with E-state index in [-0.39, 0.29) is 23.8 Å². The summed E-state index contributed by atoms with van der Waals surface area (Å²) in [5.41, 5.74) is 7.01. The van der Waals surface area contributed by atoms with Gasteiger partial charge in [0.15, 0.2) is 0 Å². The van der Waals surface area contributed by atoms with Crippen LogP contribution in [-0.4, -0.2) is 39.8 Å². The van der Waals surface area contributed by atoms with Gasteiger partial charge in [-0.05, 0) is 24.6 Å². The van der Waals surface area contributed by atoms with Gasteiger partial charge < -0.3 is 20.1 Å². The summed E-state index contributed by atoms with van der Waals surface area (Å²) in [7, 11) is 4.51. The molecule has 1 aliphatic heterocycles. The van der Waals surface area contributed by atoms with Crippen LogP contribution < -0.4 is 10.6 Å². The summed E-state index contributed by atoms with van der Waals surface area (Å²) in [5, 5.41) is 0. The van der Waals surface area contributed by atoms with Crippen LogP contribution in [0, 0.1) is 0 Å². The highest BCUT2D eigenvalue weighted by atomic mass is 16.5. The number of amides is 1. The van der Waals surface area contributed by atoms with Gasteiger partial charge in [0.1, 0.15) is 0 Å². The number of likely N-dealkylation sites (N-methyl/N-ethyl adjacent to an activating group) is 1. The molecule has 0 fully saturated rings. The summed E-state index contributed by atoms with van der Waals surface area (Å²) < 4.78 is 9.88. The Labute approximate surface area is 117 Å². The Kier molecular flexibility index (Phi) is 3.43. The number of esters is 1. The molecule has 1 heterocycles. The van der Waals surface area contributed by atoms with Gasteiger partial charge in [-0.15, -0.1) is 0 Å². The van der Waals surface area contributed by atoms with Crippen LogP contribution in [0.3, 0.4) is 0 Å². The summed E-state index contributed by atoms with van der Waals surface area (Å²) in [6, 6.07) is 3.25. The first-order valence-electron chi connectivity index (χ1n) is 6.16. The van der Waals surface area contributed by atoms with Gasteiger partial charge >= 0.3 is 5.97 Å². The molecule has 108 valence electrons. The lowest BCUT2D eigenvalue weighted by Gasteiger charge is -2.22. The Morgan fingerprint density at radius 3 is 2.60 bits per heavy atom. The summed E-state index contributed by atoms with van der Waals surface area (Å²) >= 11 is 0. The first-order chi connectivity index (χ1) is 9.36. The third kappa shape index (κ3) is 1.84. The van der Waals surface area contributed by atoms with Crippen LogP contribution in [-0.2, 0) is 19.7 Å². The topological polar surface area (TPSA) is 81.9 Å². The molecule has 0 spiro atoms. The highest BCUT2D eigenvalue weighted by molar-refractivity contribution is 6.09. The van der Waals surface area contributed by atoms with E-state index in [0.717, 1.165) is 5.56 Å². The smallest absolute Gasteiger partial charge is 0.339 e. The number of benzene rings is 1. The van der Waals surface area contributed by atoms with E-state index >= 15 is 0 Å². The normalized spacial score (nSPS) is 21.0. The molecule has 1 aromatic carbocycles. The number of carbonyl (C=O) groups is 2. The fourth-order valence-electron chi connectivity index (χ4n) is 2.63. The van der Waals surface area contributed by atoms with E-state index in [1.54, 1.807) is 26.1 Å². The number of nitrogens with zero attached hydrogens (tertiary/aromatic N) is 1. The van der Waals surface area contributed by atoms with Crippen molar-refractivity contribution in [3.63, 3.8) is 0 Å². The summed E-state index contributed by atoms with van der Waals surface area (Å²) in [4.78, 5) is 25.7. The number of rotatable bonds is 3. The average Bonchev–Trinajstić information content (AvgIpc) is 2.60. The van der Waals surface area contributed by atoms with Crippen molar-refractivity contribution in [1.29, 1.82) is 0 Å².